The summed E-state index contributed by atoms with van der Waals surface area (Å²) in [5.74, 6) is -1.63. The quantitative estimate of drug-likeness (QED) is 0.570. The molecule has 3 heterocycles. The lowest BCUT2D eigenvalue weighted by Gasteiger charge is -2.30. The molecule has 0 saturated carbocycles. The molecule has 35 heavy (non-hydrogen) atoms. The van der Waals surface area contributed by atoms with E-state index in [-0.39, 0.29) is 36.7 Å². The normalized spacial score (nSPS) is 17.8. The maximum atomic E-state index is 13.0. The molecule has 10 heteroatoms. The number of rotatable bonds is 8. The van der Waals surface area contributed by atoms with E-state index in [9.17, 15) is 19.2 Å². The van der Waals surface area contributed by atoms with Crippen molar-refractivity contribution in [2.75, 3.05) is 13.1 Å². The Morgan fingerprint density at radius 3 is 2.40 bits per heavy atom. The zero-order valence-electron chi connectivity index (χ0n) is 20.7. The van der Waals surface area contributed by atoms with Crippen LogP contribution in [0.2, 0.25) is 0 Å². The molecule has 2 aliphatic rings. The SMILES string of the molecule is CC(C)n1nc(C(=O)[C@@H]2CCCN2C(=O)CNC(C)(C)CC(=O)N2Cc3ccccc3C2)oc1=O. The average molecular weight is 484 g/mol. The standard InChI is InChI=1S/C25H33N5O5/c1-16(2)30-24(34)35-23(27-30)22(33)19-10-7-11-29(19)21(32)13-26-25(3,4)12-20(31)28-14-17-8-5-6-9-18(17)15-28/h5-6,8-9,16,19,26H,7,10-15H2,1-4H3/t19-/m0/s1. The number of aromatic nitrogens is 2. The van der Waals surface area contributed by atoms with Crippen LogP contribution in [0.15, 0.2) is 33.5 Å². The van der Waals surface area contributed by atoms with E-state index in [0.717, 1.165) is 4.68 Å². The number of ketones is 1. The van der Waals surface area contributed by atoms with Crippen LogP contribution < -0.4 is 11.1 Å². The van der Waals surface area contributed by atoms with E-state index >= 15 is 0 Å². The summed E-state index contributed by atoms with van der Waals surface area (Å²) in [6.07, 6.45) is 1.41. The summed E-state index contributed by atoms with van der Waals surface area (Å²) in [5, 5.41) is 7.21. The molecule has 0 aliphatic carbocycles. The third-order valence-corrected chi connectivity index (χ3v) is 6.65. The van der Waals surface area contributed by atoms with E-state index < -0.39 is 23.1 Å². The maximum absolute atomic E-state index is 13.0. The number of fused-ring (bicyclic) bond motifs is 1. The maximum Gasteiger partial charge on any atom is 0.437 e. The van der Waals surface area contributed by atoms with Crippen LogP contribution in [0.25, 0.3) is 0 Å². The van der Waals surface area contributed by atoms with Gasteiger partial charge in [-0.05, 0) is 51.7 Å². The minimum atomic E-state index is -0.712. The van der Waals surface area contributed by atoms with Gasteiger partial charge >= 0.3 is 5.76 Å². The Hall–Kier alpha value is -3.27. The molecule has 1 aromatic heterocycles. The van der Waals surface area contributed by atoms with Crippen LogP contribution in [0, 0.1) is 0 Å². The Bertz CT molecular complexity index is 1160. The largest absolute Gasteiger partial charge is 0.437 e. The van der Waals surface area contributed by atoms with Crippen LogP contribution in [0.5, 0.6) is 0 Å². The third-order valence-electron chi connectivity index (χ3n) is 6.65. The van der Waals surface area contributed by atoms with Gasteiger partial charge < -0.3 is 19.5 Å². The Morgan fingerprint density at radius 2 is 1.80 bits per heavy atom. The van der Waals surface area contributed by atoms with Crippen molar-refractivity contribution in [2.45, 2.75) is 77.7 Å². The molecular formula is C25H33N5O5. The fourth-order valence-corrected chi connectivity index (χ4v) is 4.67. The lowest BCUT2D eigenvalue weighted by atomic mass is 9.99. The molecule has 1 aromatic carbocycles. The van der Waals surface area contributed by atoms with Gasteiger partial charge in [0.25, 0.3) is 5.89 Å². The first kappa shape index (κ1) is 24.8. The highest BCUT2D eigenvalue weighted by molar-refractivity contribution is 5.98. The van der Waals surface area contributed by atoms with Crippen molar-refractivity contribution in [1.82, 2.24) is 24.9 Å². The average Bonchev–Trinajstić information content (AvgIpc) is 3.54. The van der Waals surface area contributed by atoms with Crippen LogP contribution in [0.4, 0.5) is 0 Å². The van der Waals surface area contributed by atoms with Gasteiger partial charge in [0.05, 0.1) is 12.6 Å². The molecule has 1 atom stereocenters. The highest BCUT2D eigenvalue weighted by Gasteiger charge is 2.38. The van der Waals surface area contributed by atoms with E-state index in [2.05, 4.69) is 10.4 Å². The fourth-order valence-electron chi connectivity index (χ4n) is 4.67. The molecular weight excluding hydrogens is 450 g/mol. The number of hydrogen-bond acceptors (Lipinski definition) is 7. The first-order valence-corrected chi connectivity index (χ1v) is 12.1. The number of carbonyl (C=O) groups is 3. The minimum absolute atomic E-state index is 0.00529. The predicted molar refractivity (Wildman–Crippen MR) is 128 cm³/mol. The zero-order chi connectivity index (χ0) is 25.3. The van der Waals surface area contributed by atoms with Crippen molar-refractivity contribution in [1.29, 1.82) is 0 Å². The lowest BCUT2D eigenvalue weighted by Crippen LogP contribution is -2.50. The van der Waals surface area contributed by atoms with E-state index in [4.69, 9.17) is 4.42 Å². The van der Waals surface area contributed by atoms with Crippen molar-refractivity contribution in [3.05, 3.63) is 51.8 Å². The molecule has 1 saturated heterocycles. The minimum Gasteiger partial charge on any atom is -0.384 e. The second-order valence-electron chi connectivity index (χ2n) is 10.3. The highest BCUT2D eigenvalue weighted by atomic mass is 16.4. The topological polar surface area (TPSA) is 118 Å². The molecule has 2 aliphatic heterocycles. The molecule has 2 amide bonds. The molecule has 2 aromatic rings. The van der Waals surface area contributed by atoms with E-state index in [1.165, 1.54) is 16.0 Å². The van der Waals surface area contributed by atoms with Gasteiger partial charge in [-0.15, -0.1) is 5.10 Å². The monoisotopic (exact) mass is 483 g/mol. The number of likely N-dealkylation sites (tertiary alicyclic amines) is 1. The lowest BCUT2D eigenvalue weighted by molar-refractivity contribution is -0.134. The number of nitrogens with zero attached hydrogens (tertiary/aromatic N) is 4. The van der Waals surface area contributed by atoms with Crippen molar-refractivity contribution < 1.29 is 18.8 Å². The van der Waals surface area contributed by atoms with Crippen molar-refractivity contribution in [3.63, 3.8) is 0 Å². The summed E-state index contributed by atoms with van der Waals surface area (Å²) in [6, 6.07) is 7.08. The molecule has 0 bridgehead atoms. The van der Waals surface area contributed by atoms with Crippen LogP contribution >= 0.6 is 0 Å². The van der Waals surface area contributed by atoms with Crippen LogP contribution in [-0.4, -0.2) is 61.8 Å². The number of carbonyl (C=O) groups excluding carboxylic acids is 3. The van der Waals surface area contributed by atoms with E-state index in [1.807, 2.05) is 43.0 Å². The predicted octanol–water partition coefficient (Wildman–Crippen LogP) is 1.89. The number of benzene rings is 1. The Balaban J connectivity index is 1.33. The second kappa shape index (κ2) is 9.77. The molecule has 0 spiro atoms. The van der Waals surface area contributed by atoms with Gasteiger partial charge in [-0.3, -0.25) is 14.4 Å². The fraction of sp³-hybridized carbons (Fsp3) is 0.560. The number of amides is 2. The van der Waals surface area contributed by atoms with Gasteiger partial charge in [-0.1, -0.05) is 24.3 Å². The summed E-state index contributed by atoms with van der Waals surface area (Å²) >= 11 is 0. The summed E-state index contributed by atoms with van der Waals surface area (Å²) in [6.45, 7) is 8.96. The van der Waals surface area contributed by atoms with Gasteiger partial charge in [0.1, 0.15) is 6.04 Å². The third kappa shape index (κ3) is 5.37. The van der Waals surface area contributed by atoms with Gasteiger partial charge in [-0.25, -0.2) is 4.79 Å². The first-order chi connectivity index (χ1) is 16.6. The van der Waals surface area contributed by atoms with Gasteiger partial charge in [-0.2, -0.15) is 4.68 Å². The Labute approximate surface area is 204 Å². The second-order valence-corrected chi connectivity index (χ2v) is 10.3. The molecule has 188 valence electrons. The van der Waals surface area contributed by atoms with E-state index in [1.54, 1.807) is 13.8 Å². The number of hydrogen-bond donors (Lipinski definition) is 1. The van der Waals surface area contributed by atoms with Gasteiger partial charge in [0, 0.05) is 31.6 Å². The summed E-state index contributed by atoms with van der Waals surface area (Å²) < 4.78 is 6.18. The molecule has 0 unspecified atom stereocenters. The Morgan fingerprint density at radius 1 is 1.14 bits per heavy atom. The van der Waals surface area contributed by atoms with E-state index in [0.29, 0.717) is 32.5 Å². The molecule has 10 nitrogen and oxygen atoms in total. The van der Waals surface area contributed by atoms with Gasteiger partial charge in [0.2, 0.25) is 17.6 Å². The molecule has 4 rings (SSSR count). The van der Waals surface area contributed by atoms with Crippen molar-refractivity contribution in [2.24, 2.45) is 0 Å². The highest BCUT2D eigenvalue weighted by Crippen LogP contribution is 2.25. The molecule has 1 N–H and O–H groups in total. The molecule has 0 radical (unpaired) electrons. The summed E-state index contributed by atoms with van der Waals surface area (Å²) in [5.41, 5.74) is 1.73. The van der Waals surface area contributed by atoms with Crippen LogP contribution in [-0.2, 0) is 22.7 Å². The smallest absolute Gasteiger partial charge is 0.384 e. The zero-order valence-corrected chi connectivity index (χ0v) is 20.7. The number of nitrogens with one attached hydrogen (secondary N) is 1. The van der Waals surface area contributed by atoms with Gasteiger partial charge in [0.15, 0.2) is 0 Å². The summed E-state index contributed by atoms with van der Waals surface area (Å²) in [7, 11) is 0. The summed E-state index contributed by atoms with van der Waals surface area (Å²) in [4.78, 5) is 54.2. The number of Topliss-reactive ketones (excluding diaryl/α,β-unsaturated/α-hetero) is 1. The van der Waals surface area contributed by atoms with Crippen molar-refractivity contribution in [3.8, 4) is 0 Å². The Kier molecular flexibility index (Phi) is 6.93. The van der Waals surface area contributed by atoms with Crippen LogP contribution in [0.3, 0.4) is 0 Å². The van der Waals surface area contributed by atoms with Crippen LogP contribution in [0.1, 0.15) is 74.8 Å². The molecule has 1 fully saturated rings. The first-order valence-electron chi connectivity index (χ1n) is 12.1. The van der Waals surface area contributed by atoms with Crippen molar-refractivity contribution >= 4 is 17.6 Å².